The zero-order chi connectivity index (χ0) is 22.8. The molecule has 166 valence electrons. The van der Waals surface area contributed by atoms with Gasteiger partial charge in [-0.2, -0.15) is 0 Å². The van der Waals surface area contributed by atoms with E-state index in [0.29, 0.717) is 52.0 Å². The van der Waals surface area contributed by atoms with Crippen LogP contribution in [-0.2, 0) is 11.3 Å². The van der Waals surface area contributed by atoms with E-state index in [4.69, 9.17) is 21.1 Å². The lowest BCUT2D eigenvalue weighted by Gasteiger charge is -2.18. The first kappa shape index (κ1) is 21.6. The number of anilines is 1. The maximum atomic E-state index is 13.4. The summed E-state index contributed by atoms with van der Waals surface area (Å²) in [5.74, 6) is 0.864. The van der Waals surface area contributed by atoms with Gasteiger partial charge in [-0.3, -0.25) is 14.7 Å². The van der Waals surface area contributed by atoms with Crippen LogP contribution in [0.1, 0.15) is 11.1 Å². The average Bonchev–Trinajstić information content (AvgIpc) is 3.14. The molecule has 0 aliphatic carbocycles. The molecule has 5 rings (SSSR count). The van der Waals surface area contributed by atoms with Crippen LogP contribution in [0.3, 0.4) is 0 Å². The van der Waals surface area contributed by atoms with Gasteiger partial charge in [0, 0.05) is 5.02 Å². The summed E-state index contributed by atoms with van der Waals surface area (Å²) in [7, 11) is 0. The predicted octanol–water partition coefficient (Wildman–Crippen LogP) is 5.93. The molecule has 2 aliphatic rings. The first-order valence-corrected chi connectivity index (χ1v) is 11.4. The van der Waals surface area contributed by atoms with Crippen LogP contribution in [0, 0.1) is 5.82 Å². The summed E-state index contributed by atoms with van der Waals surface area (Å²) in [5, 5.41) is 1.12. The third-order valence-electron chi connectivity index (χ3n) is 5.07. The van der Waals surface area contributed by atoms with Crippen molar-refractivity contribution < 1.29 is 18.7 Å². The second kappa shape index (κ2) is 9.29. The van der Waals surface area contributed by atoms with Crippen molar-refractivity contribution in [1.29, 1.82) is 0 Å². The number of hydrogen-bond acceptors (Lipinski definition) is 5. The molecule has 3 aromatic carbocycles. The molecule has 0 N–H and O–H groups in total. The second-order valence-corrected chi connectivity index (χ2v) is 8.80. The van der Waals surface area contributed by atoms with Crippen molar-refractivity contribution >= 4 is 46.2 Å². The monoisotopic (exact) mass is 480 g/mol. The quantitative estimate of drug-likeness (QED) is 0.434. The standard InChI is InChI=1S/C25H18ClFN2O3S/c26-18-4-8-20(9-5-18)29-24(30)23(14-17-3-10-21-22(13-17)32-12-11-31-21)33-25(29)28-15-16-1-6-19(27)7-2-16/h1-10,13-14H,11-12,15H2/b23-14-,28-25?. The molecule has 1 saturated heterocycles. The Morgan fingerprint density at radius 2 is 1.73 bits per heavy atom. The van der Waals surface area contributed by atoms with Crippen LogP contribution in [0.15, 0.2) is 76.6 Å². The Bertz CT molecular complexity index is 1260. The van der Waals surface area contributed by atoms with E-state index in [1.165, 1.54) is 23.9 Å². The first-order chi connectivity index (χ1) is 16.1. The minimum atomic E-state index is -0.302. The van der Waals surface area contributed by atoms with E-state index in [1.54, 1.807) is 41.3 Å². The molecule has 2 heterocycles. The van der Waals surface area contributed by atoms with Gasteiger partial charge in [-0.05, 0) is 77.5 Å². The van der Waals surface area contributed by atoms with Crippen molar-refractivity contribution in [2.24, 2.45) is 4.99 Å². The zero-order valence-electron chi connectivity index (χ0n) is 17.3. The Morgan fingerprint density at radius 3 is 2.48 bits per heavy atom. The highest BCUT2D eigenvalue weighted by atomic mass is 35.5. The SMILES string of the molecule is O=C1/C(=C/c2ccc3c(c2)OCCO3)SC(=NCc2ccc(F)cc2)N1c1ccc(Cl)cc1. The highest BCUT2D eigenvalue weighted by Gasteiger charge is 2.34. The Kier molecular flexibility index (Phi) is 6.07. The molecule has 2 aliphatic heterocycles. The molecule has 1 fully saturated rings. The Morgan fingerprint density at radius 1 is 1.00 bits per heavy atom. The first-order valence-electron chi connectivity index (χ1n) is 10.2. The molecule has 3 aromatic rings. The fourth-order valence-corrected chi connectivity index (χ4v) is 4.55. The largest absolute Gasteiger partial charge is 0.486 e. The number of ether oxygens (including phenoxy) is 2. The number of carbonyl (C=O) groups is 1. The van der Waals surface area contributed by atoms with Gasteiger partial charge in [0.1, 0.15) is 19.0 Å². The Labute approximate surface area is 199 Å². The summed E-state index contributed by atoms with van der Waals surface area (Å²) in [5.41, 5.74) is 2.34. The lowest BCUT2D eigenvalue weighted by molar-refractivity contribution is -0.113. The van der Waals surface area contributed by atoms with E-state index >= 15 is 0 Å². The van der Waals surface area contributed by atoms with Gasteiger partial charge < -0.3 is 9.47 Å². The third kappa shape index (κ3) is 4.74. The fourth-order valence-electron chi connectivity index (χ4n) is 3.45. The summed E-state index contributed by atoms with van der Waals surface area (Å²) >= 11 is 7.33. The Hall–Kier alpha value is -3.29. The van der Waals surface area contributed by atoms with E-state index in [9.17, 15) is 9.18 Å². The van der Waals surface area contributed by atoms with Gasteiger partial charge in [-0.15, -0.1) is 0 Å². The maximum Gasteiger partial charge on any atom is 0.271 e. The van der Waals surface area contributed by atoms with Gasteiger partial charge >= 0.3 is 0 Å². The van der Waals surface area contributed by atoms with Crippen molar-refractivity contribution in [2.75, 3.05) is 18.1 Å². The molecular weight excluding hydrogens is 463 g/mol. The summed E-state index contributed by atoms with van der Waals surface area (Å²) < 4.78 is 24.5. The summed E-state index contributed by atoms with van der Waals surface area (Å²) in [6.07, 6.45) is 1.81. The number of fused-ring (bicyclic) bond motifs is 1. The third-order valence-corrected chi connectivity index (χ3v) is 6.32. The number of hydrogen-bond donors (Lipinski definition) is 0. The number of aliphatic imine (C=N–C) groups is 1. The van der Waals surface area contributed by atoms with Gasteiger partial charge in [0.2, 0.25) is 0 Å². The van der Waals surface area contributed by atoms with Gasteiger partial charge in [-0.1, -0.05) is 29.8 Å². The van der Waals surface area contributed by atoms with Crippen LogP contribution < -0.4 is 14.4 Å². The van der Waals surface area contributed by atoms with E-state index in [-0.39, 0.29) is 11.7 Å². The molecule has 0 spiro atoms. The van der Waals surface area contributed by atoms with Crippen LogP contribution in [0.4, 0.5) is 10.1 Å². The van der Waals surface area contributed by atoms with Gasteiger partial charge in [-0.25, -0.2) is 4.39 Å². The zero-order valence-corrected chi connectivity index (χ0v) is 18.9. The van der Waals surface area contributed by atoms with Crippen molar-refractivity contribution in [2.45, 2.75) is 6.54 Å². The molecule has 0 atom stereocenters. The average molecular weight is 481 g/mol. The number of thioether (sulfide) groups is 1. The van der Waals surface area contributed by atoms with E-state index in [1.807, 2.05) is 24.3 Å². The van der Waals surface area contributed by atoms with E-state index < -0.39 is 0 Å². The normalized spacial score (nSPS) is 17.8. The van der Waals surface area contributed by atoms with Gasteiger partial charge in [0.25, 0.3) is 5.91 Å². The van der Waals surface area contributed by atoms with E-state index in [2.05, 4.69) is 4.99 Å². The summed E-state index contributed by atoms with van der Waals surface area (Å²) in [4.78, 5) is 20.1. The lowest BCUT2D eigenvalue weighted by Crippen LogP contribution is -2.28. The number of amidine groups is 1. The molecule has 0 aromatic heterocycles. The van der Waals surface area contributed by atoms with E-state index in [0.717, 1.165) is 11.1 Å². The number of benzene rings is 3. The number of halogens is 2. The number of amides is 1. The molecule has 5 nitrogen and oxygen atoms in total. The van der Waals surface area contributed by atoms with Crippen LogP contribution >= 0.6 is 23.4 Å². The molecule has 8 heteroatoms. The molecule has 1 amide bonds. The minimum absolute atomic E-state index is 0.185. The molecule has 33 heavy (non-hydrogen) atoms. The van der Waals surface area contributed by atoms with Crippen molar-refractivity contribution in [3.05, 3.63) is 93.6 Å². The Balaban J connectivity index is 1.48. The van der Waals surface area contributed by atoms with Crippen LogP contribution in [-0.4, -0.2) is 24.3 Å². The number of rotatable bonds is 4. The molecule has 0 bridgehead atoms. The lowest BCUT2D eigenvalue weighted by atomic mass is 10.1. The fraction of sp³-hybridized carbons (Fsp3) is 0.120. The van der Waals surface area contributed by atoms with Crippen molar-refractivity contribution in [1.82, 2.24) is 0 Å². The van der Waals surface area contributed by atoms with Crippen molar-refractivity contribution in [3.63, 3.8) is 0 Å². The van der Waals surface area contributed by atoms with Gasteiger partial charge in [0.05, 0.1) is 17.1 Å². The van der Waals surface area contributed by atoms with Crippen LogP contribution in [0.2, 0.25) is 5.02 Å². The predicted molar refractivity (Wildman–Crippen MR) is 129 cm³/mol. The topological polar surface area (TPSA) is 51.1 Å². The molecule has 0 saturated carbocycles. The number of nitrogens with zero attached hydrogens (tertiary/aromatic N) is 2. The summed E-state index contributed by atoms with van der Waals surface area (Å²) in [6, 6.07) is 18.8. The minimum Gasteiger partial charge on any atom is -0.486 e. The van der Waals surface area contributed by atoms with Crippen LogP contribution in [0.25, 0.3) is 6.08 Å². The summed E-state index contributed by atoms with van der Waals surface area (Å²) in [6.45, 7) is 1.33. The molecular formula is C25H18ClFN2O3S. The van der Waals surface area contributed by atoms with Crippen LogP contribution in [0.5, 0.6) is 11.5 Å². The maximum absolute atomic E-state index is 13.4. The molecule has 0 unspecified atom stereocenters. The van der Waals surface area contributed by atoms with Gasteiger partial charge in [0.15, 0.2) is 16.7 Å². The molecule has 0 radical (unpaired) electrons. The smallest absolute Gasteiger partial charge is 0.271 e. The number of carbonyl (C=O) groups excluding carboxylic acids is 1. The second-order valence-electron chi connectivity index (χ2n) is 7.36. The highest BCUT2D eigenvalue weighted by molar-refractivity contribution is 8.19. The highest BCUT2D eigenvalue weighted by Crippen LogP contribution is 2.38. The van der Waals surface area contributed by atoms with Crippen molar-refractivity contribution in [3.8, 4) is 11.5 Å².